The number of aryl methyl sites for hydroxylation is 2. The SMILES string of the molecule is C[C@@H]1CN(CC(=O)N2CCOc3nc(NC(=O)C4CC4)c(CCc4ccc(F)cc4)cc32)[C@@H](CN2[C@H](C)COC[C@H]2C)CN1C(=O)O. The van der Waals surface area contributed by atoms with Gasteiger partial charge in [0.15, 0.2) is 0 Å². The minimum absolute atomic E-state index is 0.0165. The first-order valence-corrected chi connectivity index (χ1v) is 16.7. The van der Waals surface area contributed by atoms with Crippen LogP contribution in [0.3, 0.4) is 0 Å². The van der Waals surface area contributed by atoms with Crippen LogP contribution in [0.1, 0.15) is 44.7 Å². The van der Waals surface area contributed by atoms with Gasteiger partial charge in [-0.2, -0.15) is 4.98 Å². The van der Waals surface area contributed by atoms with Crippen molar-refractivity contribution in [1.82, 2.24) is 19.7 Å². The Hall–Kier alpha value is -3.81. The van der Waals surface area contributed by atoms with Gasteiger partial charge in [0.05, 0.1) is 26.3 Å². The predicted octanol–water partition coefficient (Wildman–Crippen LogP) is 3.24. The van der Waals surface area contributed by atoms with Crippen molar-refractivity contribution in [3.8, 4) is 5.88 Å². The van der Waals surface area contributed by atoms with Gasteiger partial charge in [-0.3, -0.25) is 19.4 Å². The molecule has 2 aromatic rings. The topological polar surface area (TPSA) is 128 Å². The number of nitrogens with zero attached hydrogens (tertiary/aromatic N) is 5. The number of hydrogen-bond donors (Lipinski definition) is 2. The summed E-state index contributed by atoms with van der Waals surface area (Å²) in [6.07, 6.45) is 1.85. The number of carbonyl (C=O) groups excluding carboxylic acids is 2. The normalized spacial score (nSPS) is 25.2. The number of pyridine rings is 1. The van der Waals surface area contributed by atoms with Crippen LogP contribution in [0.4, 0.5) is 20.7 Å². The monoisotopic (exact) mass is 652 g/mol. The van der Waals surface area contributed by atoms with E-state index in [2.05, 4.69) is 29.0 Å². The molecule has 6 rings (SSSR count). The lowest BCUT2D eigenvalue weighted by Gasteiger charge is -2.48. The van der Waals surface area contributed by atoms with Crippen molar-refractivity contribution in [2.75, 3.05) is 62.8 Å². The maximum atomic E-state index is 14.1. The first-order valence-electron chi connectivity index (χ1n) is 16.7. The van der Waals surface area contributed by atoms with Crippen molar-refractivity contribution in [3.63, 3.8) is 0 Å². The van der Waals surface area contributed by atoms with Crippen LogP contribution in [-0.4, -0.2) is 119 Å². The third-order valence-corrected chi connectivity index (χ3v) is 9.79. The van der Waals surface area contributed by atoms with E-state index in [-0.39, 0.29) is 66.7 Å². The summed E-state index contributed by atoms with van der Waals surface area (Å²) in [5, 5.41) is 12.9. The van der Waals surface area contributed by atoms with E-state index >= 15 is 0 Å². The van der Waals surface area contributed by atoms with E-state index in [1.807, 2.05) is 13.0 Å². The number of anilines is 2. The third-order valence-electron chi connectivity index (χ3n) is 9.79. The van der Waals surface area contributed by atoms with Crippen molar-refractivity contribution < 1.29 is 33.4 Å². The largest absolute Gasteiger partial charge is 0.474 e. The van der Waals surface area contributed by atoms with Crippen molar-refractivity contribution in [1.29, 1.82) is 0 Å². The highest BCUT2D eigenvalue weighted by atomic mass is 19.1. The molecular formula is C34H45FN6O6. The molecule has 13 heteroatoms. The maximum absolute atomic E-state index is 14.1. The molecule has 0 unspecified atom stereocenters. The van der Waals surface area contributed by atoms with Crippen molar-refractivity contribution >= 4 is 29.4 Å². The zero-order chi connectivity index (χ0) is 33.2. The lowest BCUT2D eigenvalue weighted by molar-refractivity contribution is -0.122. The number of hydrogen-bond acceptors (Lipinski definition) is 8. The maximum Gasteiger partial charge on any atom is 0.407 e. The molecule has 3 aliphatic heterocycles. The number of ether oxygens (including phenoxy) is 2. The van der Waals surface area contributed by atoms with Crippen molar-refractivity contribution in [3.05, 3.63) is 47.3 Å². The molecule has 12 nitrogen and oxygen atoms in total. The van der Waals surface area contributed by atoms with E-state index in [9.17, 15) is 23.9 Å². The van der Waals surface area contributed by atoms with Gasteiger partial charge < -0.3 is 29.7 Å². The predicted molar refractivity (Wildman–Crippen MR) is 173 cm³/mol. The molecule has 1 aromatic carbocycles. The van der Waals surface area contributed by atoms with Gasteiger partial charge in [-0.15, -0.1) is 0 Å². The van der Waals surface area contributed by atoms with E-state index in [1.54, 1.807) is 17.0 Å². The first kappa shape index (κ1) is 33.1. The molecule has 1 aliphatic carbocycles. The Balaban J connectivity index is 1.24. The van der Waals surface area contributed by atoms with Gasteiger partial charge in [0.25, 0.3) is 0 Å². The molecule has 4 atom stereocenters. The summed E-state index contributed by atoms with van der Waals surface area (Å²) in [5.74, 6) is 0.191. The highest BCUT2D eigenvalue weighted by molar-refractivity contribution is 5.98. The van der Waals surface area contributed by atoms with Crippen LogP contribution in [0.2, 0.25) is 0 Å². The Labute approximate surface area is 274 Å². The Morgan fingerprint density at radius 3 is 2.43 bits per heavy atom. The second kappa shape index (κ2) is 14.1. The van der Waals surface area contributed by atoms with E-state index in [4.69, 9.17) is 14.5 Å². The zero-order valence-electron chi connectivity index (χ0n) is 27.4. The highest BCUT2D eigenvalue weighted by Gasteiger charge is 2.39. The lowest BCUT2D eigenvalue weighted by atomic mass is 10.0. The number of fused-ring (bicyclic) bond motifs is 1. The Kier molecular flexibility index (Phi) is 9.95. The second-order valence-electron chi connectivity index (χ2n) is 13.4. The molecule has 4 heterocycles. The molecule has 1 aromatic heterocycles. The third kappa shape index (κ3) is 7.68. The van der Waals surface area contributed by atoms with Gasteiger partial charge in [-0.1, -0.05) is 12.1 Å². The van der Waals surface area contributed by atoms with Crippen LogP contribution < -0.4 is 15.0 Å². The molecule has 1 saturated carbocycles. The molecule has 4 aliphatic rings. The fourth-order valence-corrected chi connectivity index (χ4v) is 6.87. The number of carboxylic acid groups (broad SMARTS) is 1. The van der Waals surface area contributed by atoms with Crippen LogP contribution in [-0.2, 0) is 27.2 Å². The van der Waals surface area contributed by atoms with Gasteiger partial charge in [-0.25, -0.2) is 9.18 Å². The number of piperazine rings is 1. The summed E-state index contributed by atoms with van der Waals surface area (Å²) in [6.45, 7) is 9.38. The summed E-state index contributed by atoms with van der Waals surface area (Å²) in [5.41, 5.74) is 2.25. The average molecular weight is 653 g/mol. The van der Waals surface area contributed by atoms with Crippen LogP contribution >= 0.6 is 0 Å². The molecule has 3 amide bonds. The molecule has 0 spiro atoms. The zero-order valence-corrected chi connectivity index (χ0v) is 27.4. The van der Waals surface area contributed by atoms with Gasteiger partial charge in [0, 0.05) is 49.7 Å². The number of morpholine rings is 1. The van der Waals surface area contributed by atoms with Crippen molar-refractivity contribution in [2.45, 2.75) is 70.6 Å². The van der Waals surface area contributed by atoms with Gasteiger partial charge in [0.1, 0.15) is 23.9 Å². The fourth-order valence-electron chi connectivity index (χ4n) is 6.87. The molecule has 0 radical (unpaired) electrons. The van der Waals surface area contributed by atoms with Crippen LogP contribution in [0, 0.1) is 11.7 Å². The quantitative estimate of drug-likeness (QED) is 0.420. The molecule has 2 N–H and O–H groups in total. The second-order valence-corrected chi connectivity index (χ2v) is 13.4. The lowest BCUT2D eigenvalue weighted by Crippen LogP contribution is -2.65. The van der Waals surface area contributed by atoms with E-state index in [0.29, 0.717) is 63.7 Å². The number of amides is 3. The summed E-state index contributed by atoms with van der Waals surface area (Å²) >= 11 is 0. The number of halogens is 1. The Morgan fingerprint density at radius 1 is 1.02 bits per heavy atom. The molecular weight excluding hydrogens is 607 g/mol. The summed E-state index contributed by atoms with van der Waals surface area (Å²) < 4.78 is 25.2. The van der Waals surface area contributed by atoms with E-state index in [0.717, 1.165) is 24.0 Å². The average Bonchev–Trinajstić information content (AvgIpc) is 3.89. The summed E-state index contributed by atoms with van der Waals surface area (Å²) in [7, 11) is 0. The molecule has 0 bridgehead atoms. The van der Waals surface area contributed by atoms with Crippen LogP contribution in [0.15, 0.2) is 30.3 Å². The van der Waals surface area contributed by atoms with Gasteiger partial charge >= 0.3 is 6.09 Å². The smallest absolute Gasteiger partial charge is 0.407 e. The Morgan fingerprint density at radius 2 is 1.74 bits per heavy atom. The standard InChI is InChI=1S/C34H45FN6O6/c1-21-15-38(28(17-41(21)34(44)45)16-40-22(2)19-46-20-23(40)3)18-30(42)39-12-13-47-33-29(39)14-26(7-4-24-5-10-27(35)11-6-24)31(37-33)36-32(43)25-8-9-25/h5-6,10-11,14,21-23,25,28H,4,7-9,12-13,15-20H2,1-3H3,(H,44,45)(H,36,37,43)/t21-,22-,23-,28+/m1/s1. The number of carbonyl (C=O) groups is 3. The molecule has 3 fully saturated rings. The minimum Gasteiger partial charge on any atom is -0.474 e. The fraction of sp³-hybridized carbons (Fsp3) is 0.588. The number of rotatable bonds is 9. The van der Waals surface area contributed by atoms with Crippen LogP contribution in [0.25, 0.3) is 0 Å². The highest BCUT2D eigenvalue weighted by Crippen LogP contribution is 2.36. The van der Waals surface area contributed by atoms with E-state index in [1.165, 1.54) is 17.0 Å². The Bertz CT molecular complexity index is 1460. The number of benzene rings is 1. The van der Waals surface area contributed by atoms with Crippen molar-refractivity contribution in [2.24, 2.45) is 5.92 Å². The van der Waals surface area contributed by atoms with Gasteiger partial charge in [0.2, 0.25) is 17.7 Å². The molecule has 47 heavy (non-hydrogen) atoms. The summed E-state index contributed by atoms with van der Waals surface area (Å²) in [6, 6.07) is 8.10. The first-order chi connectivity index (χ1) is 22.6. The minimum atomic E-state index is -0.956. The molecule has 254 valence electrons. The number of nitrogens with one attached hydrogen (secondary N) is 1. The number of aromatic nitrogens is 1. The van der Waals surface area contributed by atoms with Crippen LogP contribution in [0.5, 0.6) is 5.88 Å². The summed E-state index contributed by atoms with van der Waals surface area (Å²) in [4.78, 5) is 51.3. The van der Waals surface area contributed by atoms with Gasteiger partial charge in [-0.05, 0) is 75.8 Å². The molecule has 2 saturated heterocycles. The van der Waals surface area contributed by atoms with E-state index < -0.39 is 6.09 Å².